The monoisotopic (exact) mass is 383 g/mol. The number of nitrogens with zero attached hydrogens (tertiary/aromatic N) is 1. The van der Waals surface area contributed by atoms with Gasteiger partial charge in [0.25, 0.3) is 0 Å². The van der Waals surface area contributed by atoms with Crippen LogP contribution in [0.15, 0.2) is 12.1 Å². The summed E-state index contributed by atoms with van der Waals surface area (Å²) in [6.07, 6.45) is 2.42. The maximum absolute atomic E-state index is 14.2. The van der Waals surface area contributed by atoms with Crippen LogP contribution in [0.4, 0.5) is 13.6 Å². The number of amides is 1. The molecule has 2 aliphatic heterocycles. The van der Waals surface area contributed by atoms with E-state index in [9.17, 15) is 18.7 Å². The lowest BCUT2D eigenvalue weighted by Crippen LogP contribution is -2.59. The Morgan fingerprint density at radius 3 is 2.15 bits per heavy atom. The van der Waals surface area contributed by atoms with Crippen molar-refractivity contribution in [1.29, 1.82) is 0 Å². The molecule has 0 aromatic heterocycles. The molecule has 0 radical (unpaired) electrons. The van der Waals surface area contributed by atoms with Crippen LogP contribution in [0.5, 0.6) is 5.75 Å². The normalized spacial score (nSPS) is 28.0. The van der Waals surface area contributed by atoms with Gasteiger partial charge in [0.05, 0.1) is 12.7 Å². The standard InChI is InChI=1S/C20H27F2NO4/c1-19(2,3)27-18(24)23-13-6-5-7-14(23)11-20(25,10-13)12-8-15(21)17(26-4)16(22)9-12/h8-9,13-14,25H,5-7,10-11H2,1-4H3. The van der Waals surface area contributed by atoms with Crippen molar-refractivity contribution in [3.8, 4) is 5.75 Å². The third-order valence-electron chi connectivity index (χ3n) is 5.35. The molecular formula is C20H27F2NO4. The maximum Gasteiger partial charge on any atom is 0.410 e. The number of aliphatic hydroxyl groups is 1. The molecule has 150 valence electrons. The number of piperidine rings is 2. The van der Waals surface area contributed by atoms with E-state index >= 15 is 0 Å². The fraction of sp³-hybridized carbons (Fsp3) is 0.650. The van der Waals surface area contributed by atoms with E-state index in [1.54, 1.807) is 4.90 Å². The SMILES string of the molecule is COc1c(F)cc(C2(O)CC3CCCC(C2)N3C(=O)OC(C)(C)C)cc1F. The van der Waals surface area contributed by atoms with Crippen LogP contribution in [0.25, 0.3) is 0 Å². The molecule has 2 aliphatic rings. The molecule has 1 amide bonds. The Morgan fingerprint density at radius 1 is 1.19 bits per heavy atom. The number of benzene rings is 1. The molecule has 1 N–H and O–H groups in total. The Kier molecular flexibility index (Phi) is 5.10. The minimum atomic E-state index is -1.40. The molecule has 27 heavy (non-hydrogen) atoms. The van der Waals surface area contributed by atoms with Crippen molar-refractivity contribution in [1.82, 2.24) is 4.90 Å². The Hall–Kier alpha value is -1.89. The van der Waals surface area contributed by atoms with Crippen LogP contribution < -0.4 is 4.74 Å². The van der Waals surface area contributed by atoms with E-state index in [-0.39, 0.29) is 30.5 Å². The van der Waals surface area contributed by atoms with Gasteiger partial charge in [-0.05, 0) is 57.7 Å². The van der Waals surface area contributed by atoms with E-state index in [1.807, 2.05) is 20.8 Å². The van der Waals surface area contributed by atoms with E-state index < -0.39 is 34.7 Å². The highest BCUT2D eigenvalue weighted by molar-refractivity contribution is 5.69. The molecule has 2 fully saturated rings. The third kappa shape index (κ3) is 3.88. The molecular weight excluding hydrogens is 356 g/mol. The predicted molar refractivity (Wildman–Crippen MR) is 95.5 cm³/mol. The Balaban J connectivity index is 1.88. The molecule has 2 heterocycles. The van der Waals surface area contributed by atoms with Gasteiger partial charge in [-0.2, -0.15) is 0 Å². The zero-order chi connectivity index (χ0) is 20.0. The fourth-order valence-corrected chi connectivity index (χ4v) is 4.30. The predicted octanol–water partition coefficient (Wildman–Crippen LogP) is 4.11. The molecule has 2 atom stereocenters. The van der Waals surface area contributed by atoms with Gasteiger partial charge in [0, 0.05) is 24.9 Å². The molecule has 0 saturated carbocycles. The van der Waals surface area contributed by atoms with Gasteiger partial charge in [-0.25, -0.2) is 13.6 Å². The number of carbonyl (C=O) groups excluding carboxylic acids is 1. The summed E-state index contributed by atoms with van der Waals surface area (Å²) in [5.74, 6) is -2.16. The average molecular weight is 383 g/mol. The minimum Gasteiger partial charge on any atom is -0.491 e. The Bertz CT molecular complexity index is 694. The van der Waals surface area contributed by atoms with Gasteiger partial charge in [0.1, 0.15) is 5.60 Å². The lowest BCUT2D eigenvalue weighted by Gasteiger charge is -2.51. The zero-order valence-corrected chi connectivity index (χ0v) is 16.2. The van der Waals surface area contributed by atoms with Crippen molar-refractivity contribution in [3.63, 3.8) is 0 Å². The van der Waals surface area contributed by atoms with E-state index in [1.165, 1.54) is 7.11 Å². The van der Waals surface area contributed by atoms with E-state index in [2.05, 4.69) is 0 Å². The highest BCUT2D eigenvalue weighted by Gasteiger charge is 2.49. The second-order valence-electron chi connectivity index (χ2n) is 8.54. The largest absolute Gasteiger partial charge is 0.491 e. The van der Waals surface area contributed by atoms with Crippen molar-refractivity contribution in [2.24, 2.45) is 0 Å². The number of halogens is 2. The quantitative estimate of drug-likeness (QED) is 0.835. The van der Waals surface area contributed by atoms with Crippen LogP contribution in [0.2, 0.25) is 0 Å². The number of rotatable bonds is 2. The van der Waals surface area contributed by atoms with Crippen molar-refractivity contribution in [2.75, 3.05) is 7.11 Å². The van der Waals surface area contributed by atoms with E-state index in [4.69, 9.17) is 9.47 Å². The van der Waals surface area contributed by atoms with Crippen LogP contribution in [0.3, 0.4) is 0 Å². The summed E-state index contributed by atoms with van der Waals surface area (Å²) < 4.78 is 38.6. The summed E-state index contributed by atoms with van der Waals surface area (Å²) in [6.45, 7) is 5.43. The molecule has 1 aromatic rings. The number of ether oxygens (including phenoxy) is 2. The first-order valence-corrected chi connectivity index (χ1v) is 9.31. The van der Waals surface area contributed by atoms with Crippen molar-refractivity contribution >= 4 is 6.09 Å². The lowest BCUT2D eigenvalue weighted by molar-refractivity contribution is -0.0967. The number of hydrogen-bond acceptors (Lipinski definition) is 4. The first kappa shape index (κ1) is 19.9. The molecule has 2 saturated heterocycles. The summed E-state index contributed by atoms with van der Waals surface area (Å²) in [6, 6.07) is 1.79. The van der Waals surface area contributed by atoms with E-state index in [0.717, 1.165) is 31.4 Å². The highest BCUT2D eigenvalue weighted by Crippen LogP contribution is 2.45. The van der Waals surface area contributed by atoms with Crippen LogP contribution >= 0.6 is 0 Å². The molecule has 0 aliphatic carbocycles. The fourth-order valence-electron chi connectivity index (χ4n) is 4.30. The van der Waals surface area contributed by atoms with Crippen molar-refractivity contribution in [2.45, 2.75) is 76.2 Å². The lowest BCUT2D eigenvalue weighted by atomic mass is 9.72. The van der Waals surface area contributed by atoms with Gasteiger partial charge in [0.2, 0.25) is 0 Å². The molecule has 2 bridgehead atoms. The number of fused-ring (bicyclic) bond motifs is 2. The first-order chi connectivity index (χ1) is 12.5. The number of methoxy groups -OCH3 is 1. The Labute approximate surface area is 158 Å². The molecule has 1 aromatic carbocycles. The van der Waals surface area contributed by atoms with Crippen LogP contribution in [0.1, 0.15) is 58.4 Å². The van der Waals surface area contributed by atoms with Gasteiger partial charge in [-0.1, -0.05) is 0 Å². The van der Waals surface area contributed by atoms with Gasteiger partial charge in [-0.15, -0.1) is 0 Å². The molecule has 5 nitrogen and oxygen atoms in total. The molecule has 7 heteroatoms. The topological polar surface area (TPSA) is 59.0 Å². The molecule has 0 spiro atoms. The summed E-state index contributed by atoms with van der Waals surface area (Å²) >= 11 is 0. The number of hydrogen-bond donors (Lipinski definition) is 1. The molecule has 3 rings (SSSR count). The van der Waals surface area contributed by atoms with Crippen LogP contribution in [-0.4, -0.2) is 40.9 Å². The Morgan fingerprint density at radius 2 is 1.70 bits per heavy atom. The first-order valence-electron chi connectivity index (χ1n) is 9.31. The van der Waals surface area contributed by atoms with Crippen LogP contribution in [0, 0.1) is 11.6 Å². The van der Waals surface area contributed by atoms with Gasteiger partial charge in [0.15, 0.2) is 17.4 Å². The summed E-state index contributed by atoms with van der Waals surface area (Å²) in [7, 11) is 1.19. The average Bonchev–Trinajstić information content (AvgIpc) is 2.52. The highest BCUT2D eigenvalue weighted by atomic mass is 19.1. The smallest absolute Gasteiger partial charge is 0.410 e. The van der Waals surface area contributed by atoms with Crippen molar-refractivity contribution < 1.29 is 28.2 Å². The summed E-state index contributed by atoms with van der Waals surface area (Å²) in [4.78, 5) is 14.4. The van der Waals surface area contributed by atoms with Gasteiger partial charge in [-0.3, -0.25) is 0 Å². The summed E-state index contributed by atoms with van der Waals surface area (Å²) in [5, 5.41) is 11.2. The number of carbonyl (C=O) groups is 1. The van der Waals surface area contributed by atoms with Gasteiger partial charge < -0.3 is 19.5 Å². The van der Waals surface area contributed by atoms with Crippen molar-refractivity contribution in [3.05, 3.63) is 29.3 Å². The third-order valence-corrected chi connectivity index (χ3v) is 5.35. The van der Waals surface area contributed by atoms with E-state index in [0.29, 0.717) is 0 Å². The minimum absolute atomic E-state index is 0.180. The second-order valence-corrected chi connectivity index (χ2v) is 8.54. The maximum atomic E-state index is 14.2. The summed E-state index contributed by atoms with van der Waals surface area (Å²) in [5.41, 5.74) is -1.83. The zero-order valence-electron chi connectivity index (χ0n) is 16.2. The second kappa shape index (κ2) is 6.93. The van der Waals surface area contributed by atoms with Crippen LogP contribution in [-0.2, 0) is 10.3 Å². The van der Waals surface area contributed by atoms with Gasteiger partial charge >= 0.3 is 6.09 Å². The molecule has 2 unspecified atom stereocenters.